The molecule has 0 bridgehead atoms. The quantitative estimate of drug-likeness (QED) is 0.827. The van der Waals surface area contributed by atoms with Gasteiger partial charge in [0, 0.05) is 22.0 Å². The summed E-state index contributed by atoms with van der Waals surface area (Å²) in [6.45, 7) is 0. The molecule has 2 aromatic carbocycles. The Morgan fingerprint density at radius 3 is 2.52 bits per heavy atom. The van der Waals surface area contributed by atoms with Crippen LogP contribution in [0.1, 0.15) is 41.7 Å². The van der Waals surface area contributed by atoms with Crippen LogP contribution in [0.15, 0.2) is 46.9 Å². The van der Waals surface area contributed by atoms with Crippen LogP contribution < -0.4 is 4.74 Å². The Morgan fingerprint density at radius 2 is 1.86 bits per heavy atom. The molecule has 1 aliphatic heterocycles. The molecule has 3 rings (SSSR count). The lowest BCUT2D eigenvalue weighted by Crippen LogP contribution is -2.19. The summed E-state index contributed by atoms with van der Waals surface area (Å²) in [6.07, 6.45) is -3.04. The lowest BCUT2D eigenvalue weighted by atomic mass is 9.94. The smallest absolute Gasteiger partial charge is 0.263 e. The van der Waals surface area contributed by atoms with Crippen molar-refractivity contribution in [2.75, 3.05) is 0 Å². The van der Waals surface area contributed by atoms with E-state index >= 15 is 0 Å². The van der Waals surface area contributed by atoms with Crippen LogP contribution in [0.4, 0.5) is 8.78 Å². The molecule has 110 valence electrons. The molecule has 2 aromatic rings. The molecule has 1 aliphatic rings. The van der Waals surface area contributed by atoms with Gasteiger partial charge in [-0.15, -0.1) is 0 Å². The van der Waals surface area contributed by atoms with Gasteiger partial charge in [-0.25, -0.2) is 8.78 Å². The Hall–Kier alpha value is -1.46. The lowest BCUT2D eigenvalue weighted by Gasteiger charge is -2.30. The van der Waals surface area contributed by atoms with Crippen molar-refractivity contribution in [3.8, 4) is 5.75 Å². The lowest BCUT2D eigenvalue weighted by molar-refractivity contribution is 0.0656. The van der Waals surface area contributed by atoms with E-state index in [-0.39, 0.29) is 11.7 Å². The minimum atomic E-state index is -2.48. The zero-order valence-electron chi connectivity index (χ0n) is 11.0. The number of benzene rings is 2. The normalized spacial score (nSPS) is 21.0. The summed E-state index contributed by atoms with van der Waals surface area (Å²) in [4.78, 5) is 0. The van der Waals surface area contributed by atoms with Crippen LogP contribution in [0.3, 0.4) is 0 Å². The van der Waals surface area contributed by atoms with Crippen LogP contribution in [0, 0.1) is 0 Å². The number of hydrogen-bond donors (Lipinski definition) is 1. The first-order chi connectivity index (χ1) is 10.0. The van der Waals surface area contributed by atoms with Gasteiger partial charge in [0.25, 0.3) is 6.43 Å². The third-order valence-electron chi connectivity index (χ3n) is 3.60. The maximum atomic E-state index is 12.6. The Balaban J connectivity index is 1.88. The Labute approximate surface area is 129 Å². The highest BCUT2D eigenvalue weighted by Gasteiger charge is 2.28. The fraction of sp³-hybridized carbons (Fsp3) is 0.250. The molecule has 0 saturated carbocycles. The highest BCUT2D eigenvalue weighted by atomic mass is 79.9. The minimum absolute atomic E-state index is 0.0155. The van der Waals surface area contributed by atoms with Crippen molar-refractivity contribution in [2.24, 2.45) is 0 Å². The first kappa shape index (κ1) is 14.5. The number of alkyl halides is 2. The second-order valence-electron chi connectivity index (χ2n) is 5.01. The highest BCUT2D eigenvalue weighted by molar-refractivity contribution is 9.10. The molecule has 0 radical (unpaired) electrons. The topological polar surface area (TPSA) is 29.5 Å². The van der Waals surface area contributed by atoms with Crippen molar-refractivity contribution in [1.29, 1.82) is 0 Å². The van der Waals surface area contributed by atoms with Crippen LogP contribution >= 0.6 is 15.9 Å². The Morgan fingerprint density at radius 1 is 1.14 bits per heavy atom. The number of fused-ring (bicyclic) bond motifs is 1. The van der Waals surface area contributed by atoms with E-state index in [1.807, 2.05) is 12.1 Å². The number of aliphatic hydroxyl groups is 1. The molecule has 2 nitrogen and oxygen atoms in total. The standard InChI is InChI=1S/C16H13BrF2O2/c17-11-5-6-12-13(20)8-14(21-15(12)7-11)9-1-3-10(4-2-9)16(18)19/h1-7,13-14,16,20H,8H2/t13-,14?/m0/s1. The molecule has 2 atom stereocenters. The van der Waals surface area contributed by atoms with Crippen molar-refractivity contribution in [3.63, 3.8) is 0 Å². The fourth-order valence-corrected chi connectivity index (χ4v) is 2.82. The second-order valence-corrected chi connectivity index (χ2v) is 5.92. The van der Waals surface area contributed by atoms with Gasteiger partial charge < -0.3 is 9.84 Å². The summed E-state index contributed by atoms with van der Waals surface area (Å²) < 4.78 is 31.9. The minimum Gasteiger partial charge on any atom is -0.485 e. The summed E-state index contributed by atoms with van der Waals surface area (Å²) in [5, 5.41) is 10.2. The number of halogens is 3. The van der Waals surface area contributed by atoms with Crippen LogP contribution in [-0.2, 0) is 0 Å². The third kappa shape index (κ3) is 2.94. The molecule has 0 aliphatic carbocycles. The molecule has 0 spiro atoms. The van der Waals surface area contributed by atoms with Crippen molar-refractivity contribution >= 4 is 15.9 Å². The zero-order chi connectivity index (χ0) is 15.0. The Kier molecular flexibility index (Phi) is 3.95. The second kappa shape index (κ2) is 5.73. The first-order valence-corrected chi connectivity index (χ1v) is 7.36. The third-order valence-corrected chi connectivity index (χ3v) is 4.09. The summed E-state index contributed by atoms with van der Waals surface area (Å²) in [6, 6.07) is 11.5. The van der Waals surface area contributed by atoms with E-state index in [0.717, 1.165) is 15.6 Å². The monoisotopic (exact) mass is 354 g/mol. The molecular weight excluding hydrogens is 342 g/mol. The predicted molar refractivity (Wildman–Crippen MR) is 78.5 cm³/mol. The maximum Gasteiger partial charge on any atom is 0.263 e. The number of rotatable bonds is 2. The maximum absolute atomic E-state index is 12.6. The molecule has 21 heavy (non-hydrogen) atoms. The largest absolute Gasteiger partial charge is 0.485 e. The molecule has 5 heteroatoms. The molecule has 1 heterocycles. The summed E-state index contributed by atoms with van der Waals surface area (Å²) in [5.41, 5.74) is 1.51. The Bertz CT molecular complexity index is 643. The van der Waals surface area contributed by atoms with Crippen molar-refractivity contribution in [2.45, 2.75) is 25.1 Å². The average molecular weight is 355 g/mol. The van der Waals surface area contributed by atoms with Crippen LogP contribution in [0.2, 0.25) is 0 Å². The van der Waals surface area contributed by atoms with Gasteiger partial charge in [-0.2, -0.15) is 0 Å². The average Bonchev–Trinajstić information content (AvgIpc) is 2.46. The van der Waals surface area contributed by atoms with E-state index < -0.39 is 12.5 Å². The van der Waals surface area contributed by atoms with E-state index in [2.05, 4.69) is 15.9 Å². The van der Waals surface area contributed by atoms with E-state index in [4.69, 9.17) is 4.74 Å². The van der Waals surface area contributed by atoms with E-state index in [1.54, 1.807) is 18.2 Å². The first-order valence-electron chi connectivity index (χ1n) is 6.57. The number of aliphatic hydroxyl groups excluding tert-OH is 1. The predicted octanol–water partition coefficient (Wildman–Crippen LogP) is 4.94. The van der Waals surface area contributed by atoms with Gasteiger partial charge in [0.2, 0.25) is 0 Å². The number of ether oxygens (including phenoxy) is 1. The van der Waals surface area contributed by atoms with Gasteiger partial charge in [-0.3, -0.25) is 0 Å². The SMILES string of the molecule is O[C@H]1CC(c2ccc(C(F)F)cc2)Oc2cc(Br)ccc21. The van der Waals surface area contributed by atoms with Gasteiger partial charge in [0.1, 0.15) is 11.9 Å². The molecular formula is C16H13BrF2O2. The fourth-order valence-electron chi connectivity index (χ4n) is 2.48. The molecule has 0 amide bonds. The van der Waals surface area contributed by atoms with Crippen LogP contribution in [0.5, 0.6) is 5.75 Å². The van der Waals surface area contributed by atoms with Gasteiger partial charge in [-0.1, -0.05) is 46.3 Å². The van der Waals surface area contributed by atoms with E-state index in [1.165, 1.54) is 12.1 Å². The molecule has 0 aromatic heterocycles. The molecule has 1 unspecified atom stereocenters. The van der Waals surface area contributed by atoms with E-state index in [0.29, 0.717) is 12.2 Å². The molecule has 0 fully saturated rings. The van der Waals surface area contributed by atoms with Gasteiger partial charge in [-0.05, 0) is 17.7 Å². The van der Waals surface area contributed by atoms with Crippen molar-refractivity contribution in [1.82, 2.24) is 0 Å². The van der Waals surface area contributed by atoms with Crippen molar-refractivity contribution < 1.29 is 18.6 Å². The van der Waals surface area contributed by atoms with E-state index in [9.17, 15) is 13.9 Å². The summed E-state index contributed by atoms with van der Waals surface area (Å²) >= 11 is 3.37. The van der Waals surface area contributed by atoms with Gasteiger partial charge >= 0.3 is 0 Å². The van der Waals surface area contributed by atoms with Crippen LogP contribution in [0.25, 0.3) is 0 Å². The molecule has 1 N–H and O–H groups in total. The van der Waals surface area contributed by atoms with Crippen molar-refractivity contribution in [3.05, 3.63) is 63.6 Å². The summed E-state index contributed by atoms with van der Waals surface area (Å²) in [7, 11) is 0. The van der Waals surface area contributed by atoms with Gasteiger partial charge in [0.05, 0.1) is 6.10 Å². The molecule has 0 saturated heterocycles. The zero-order valence-corrected chi connectivity index (χ0v) is 12.6. The highest BCUT2D eigenvalue weighted by Crippen LogP contribution is 2.42. The number of hydrogen-bond acceptors (Lipinski definition) is 2. The summed E-state index contributed by atoms with van der Waals surface area (Å²) in [5.74, 6) is 0.617. The van der Waals surface area contributed by atoms with Gasteiger partial charge in [0.15, 0.2) is 0 Å². The van der Waals surface area contributed by atoms with Crippen LogP contribution in [-0.4, -0.2) is 5.11 Å².